The second-order valence-electron chi connectivity index (χ2n) is 4.12. The predicted molar refractivity (Wildman–Crippen MR) is 70.9 cm³/mol. The summed E-state index contributed by atoms with van der Waals surface area (Å²) >= 11 is 7.38. The first-order valence-corrected chi connectivity index (χ1v) is 6.82. The Morgan fingerprint density at radius 3 is 2.93 bits per heavy atom. The number of fused-ring (bicyclic) bond motifs is 3. The number of anilines is 1. The fraction of sp³-hybridized carbons (Fsp3) is 0.333. The van der Waals surface area contributed by atoms with Crippen molar-refractivity contribution in [3.63, 3.8) is 0 Å². The van der Waals surface area contributed by atoms with E-state index in [0.29, 0.717) is 16.8 Å². The summed E-state index contributed by atoms with van der Waals surface area (Å²) in [5.41, 5.74) is 2.71. The van der Waals surface area contributed by atoms with Gasteiger partial charge in [-0.2, -0.15) is 0 Å². The highest BCUT2D eigenvalue weighted by molar-refractivity contribution is 9.12. The molecule has 0 radical (unpaired) electrons. The van der Waals surface area contributed by atoms with Crippen LogP contribution in [0.4, 0.5) is 5.69 Å². The number of hydrogen-bond acceptors (Lipinski definition) is 1. The van der Waals surface area contributed by atoms with Crippen LogP contribution in [0, 0.1) is 0 Å². The van der Waals surface area contributed by atoms with E-state index in [-0.39, 0.29) is 0 Å². The van der Waals surface area contributed by atoms with E-state index in [1.807, 2.05) is 0 Å². The normalized spacial score (nSPS) is 32.7. The lowest BCUT2D eigenvalue weighted by molar-refractivity contribution is 0.625. The standard InChI is InChI=1S/C12H11Br2N/c13-7-5-9-8-3-1-2-4-11(8)15-12(9)10(14)6-7/h1-5,9-10,12,15H,6H2/t9-,10+,12+/m1/s1. The van der Waals surface area contributed by atoms with Crippen molar-refractivity contribution in [2.45, 2.75) is 23.2 Å². The zero-order valence-corrected chi connectivity index (χ0v) is 11.3. The molecule has 3 rings (SSSR count). The highest BCUT2D eigenvalue weighted by Gasteiger charge is 2.37. The molecule has 2 aliphatic rings. The van der Waals surface area contributed by atoms with Crippen molar-refractivity contribution >= 4 is 37.5 Å². The van der Waals surface area contributed by atoms with E-state index < -0.39 is 0 Å². The lowest BCUT2D eigenvalue weighted by Gasteiger charge is -2.28. The van der Waals surface area contributed by atoms with E-state index >= 15 is 0 Å². The van der Waals surface area contributed by atoms with Gasteiger partial charge in [-0.15, -0.1) is 0 Å². The molecule has 1 aliphatic heterocycles. The largest absolute Gasteiger partial charge is 0.380 e. The molecule has 1 N–H and O–H groups in total. The predicted octanol–water partition coefficient (Wildman–Crippen LogP) is 4.01. The molecule has 15 heavy (non-hydrogen) atoms. The maximum Gasteiger partial charge on any atom is 0.0494 e. The number of para-hydroxylation sites is 1. The van der Waals surface area contributed by atoms with Crippen LogP contribution >= 0.6 is 31.9 Å². The summed E-state index contributed by atoms with van der Waals surface area (Å²) in [7, 11) is 0. The SMILES string of the molecule is BrC1=C[C@@H]2c3ccccc3N[C@@H]2[C@@H](Br)C1. The van der Waals surface area contributed by atoms with Gasteiger partial charge in [0.1, 0.15) is 0 Å². The molecule has 1 aliphatic carbocycles. The Morgan fingerprint density at radius 1 is 1.27 bits per heavy atom. The van der Waals surface area contributed by atoms with Gasteiger partial charge in [0.15, 0.2) is 0 Å². The lowest BCUT2D eigenvalue weighted by atomic mass is 9.88. The molecule has 0 bridgehead atoms. The molecular weight excluding hydrogens is 318 g/mol. The van der Waals surface area contributed by atoms with Crippen LogP contribution in [0.15, 0.2) is 34.8 Å². The number of halogens is 2. The Morgan fingerprint density at radius 2 is 2.07 bits per heavy atom. The van der Waals surface area contributed by atoms with Crippen molar-refractivity contribution in [2.75, 3.05) is 5.32 Å². The third kappa shape index (κ3) is 1.56. The molecule has 78 valence electrons. The van der Waals surface area contributed by atoms with Gasteiger partial charge in [0.2, 0.25) is 0 Å². The van der Waals surface area contributed by atoms with Gasteiger partial charge in [0, 0.05) is 22.5 Å². The Bertz CT molecular complexity index is 427. The summed E-state index contributed by atoms with van der Waals surface area (Å²) < 4.78 is 1.31. The van der Waals surface area contributed by atoms with E-state index in [4.69, 9.17) is 0 Å². The summed E-state index contributed by atoms with van der Waals surface area (Å²) in [6, 6.07) is 9.08. The summed E-state index contributed by atoms with van der Waals surface area (Å²) in [5, 5.41) is 3.59. The number of rotatable bonds is 0. The molecule has 0 saturated carbocycles. The van der Waals surface area contributed by atoms with E-state index in [1.165, 1.54) is 15.7 Å². The van der Waals surface area contributed by atoms with Crippen LogP contribution in [0.2, 0.25) is 0 Å². The molecule has 3 heteroatoms. The van der Waals surface area contributed by atoms with Gasteiger partial charge in [-0.05, 0) is 22.5 Å². The van der Waals surface area contributed by atoms with Gasteiger partial charge in [0.05, 0.1) is 0 Å². The molecule has 3 atom stereocenters. The minimum Gasteiger partial charge on any atom is -0.380 e. The van der Waals surface area contributed by atoms with E-state index in [9.17, 15) is 0 Å². The second-order valence-corrected chi connectivity index (χ2v) is 6.31. The molecule has 1 aromatic carbocycles. The molecule has 1 heterocycles. The van der Waals surface area contributed by atoms with Gasteiger partial charge in [0.25, 0.3) is 0 Å². The number of alkyl halides is 1. The highest BCUT2D eigenvalue weighted by Crippen LogP contribution is 2.45. The van der Waals surface area contributed by atoms with Crippen LogP contribution in [0.25, 0.3) is 0 Å². The molecule has 0 unspecified atom stereocenters. The van der Waals surface area contributed by atoms with Crippen LogP contribution in [0.1, 0.15) is 17.9 Å². The lowest BCUT2D eigenvalue weighted by Crippen LogP contribution is -2.32. The summed E-state index contributed by atoms with van der Waals surface area (Å²) in [4.78, 5) is 0.509. The smallest absolute Gasteiger partial charge is 0.0494 e. The zero-order chi connectivity index (χ0) is 10.4. The molecule has 0 aromatic heterocycles. The van der Waals surface area contributed by atoms with Crippen LogP contribution < -0.4 is 5.32 Å². The molecule has 0 fully saturated rings. The highest BCUT2D eigenvalue weighted by atomic mass is 79.9. The molecule has 1 nitrogen and oxygen atoms in total. The Labute approximate surface area is 106 Å². The van der Waals surface area contributed by atoms with Crippen molar-refractivity contribution in [1.82, 2.24) is 0 Å². The van der Waals surface area contributed by atoms with E-state index in [0.717, 1.165) is 6.42 Å². The topological polar surface area (TPSA) is 12.0 Å². The number of allylic oxidation sites excluding steroid dienone is 1. The fourth-order valence-corrected chi connectivity index (χ4v) is 4.34. The summed E-state index contributed by atoms with van der Waals surface area (Å²) in [6.45, 7) is 0. The average molecular weight is 329 g/mol. The Kier molecular flexibility index (Phi) is 2.40. The first-order chi connectivity index (χ1) is 7.25. The van der Waals surface area contributed by atoms with Gasteiger partial charge in [-0.25, -0.2) is 0 Å². The van der Waals surface area contributed by atoms with Gasteiger partial charge < -0.3 is 5.32 Å². The second kappa shape index (κ2) is 3.63. The maximum absolute atomic E-state index is 3.76. The molecule has 0 amide bonds. The van der Waals surface area contributed by atoms with Gasteiger partial charge >= 0.3 is 0 Å². The fourth-order valence-electron chi connectivity index (χ4n) is 2.47. The third-order valence-corrected chi connectivity index (χ3v) is 4.65. The van der Waals surface area contributed by atoms with Crippen molar-refractivity contribution in [2.24, 2.45) is 0 Å². The minimum atomic E-state index is 0.503. The zero-order valence-electron chi connectivity index (χ0n) is 8.08. The maximum atomic E-state index is 3.76. The number of benzene rings is 1. The van der Waals surface area contributed by atoms with Crippen molar-refractivity contribution in [1.29, 1.82) is 0 Å². The summed E-state index contributed by atoms with van der Waals surface area (Å²) in [5.74, 6) is 0.508. The first-order valence-electron chi connectivity index (χ1n) is 5.11. The van der Waals surface area contributed by atoms with Crippen molar-refractivity contribution < 1.29 is 0 Å². The number of nitrogens with one attached hydrogen (secondary N) is 1. The van der Waals surface area contributed by atoms with E-state index in [2.05, 4.69) is 67.5 Å². The monoisotopic (exact) mass is 327 g/mol. The Balaban J connectivity index is 2.08. The van der Waals surface area contributed by atoms with Crippen molar-refractivity contribution in [3.8, 4) is 0 Å². The van der Waals surface area contributed by atoms with E-state index in [1.54, 1.807) is 0 Å². The molecular formula is C12H11Br2N. The van der Waals surface area contributed by atoms with Crippen LogP contribution in [-0.4, -0.2) is 10.9 Å². The Hall–Kier alpha value is -0.280. The molecule has 0 spiro atoms. The van der Waals surface area contributed by atoms with Crippen LogP contribution in [0.3, 0.4) is 0 Å². The van der Waals surface area contributed by atoms with Gasteiger partial charge in [-0.3, -0.25) is 0 Å². The van der Waals surface area contributed by atoms with Crippen LogP contribution in [-0.2, 0) is 0 Å². The quantitative estimate of drug-likeness (QED) is 0.709. The van der Waals surface area contributed by atoms with Crippen molar-refractivity contribution in [3.05, 3.63) is 40.4 Å². The first kappa shape index (κ1) is 9.91. The third-order valence-electron chi connectivity index (χ3n) is 3.17. The minimum absolute atomic E-state index is 0.503. The molecule has 1 aromatic rings. The molecule has 0 saturated heterocycles. The van der Waals surface area contributed by atoms with Gasteiger partial charge in [-0.1, -0.05) is 56.1 Å². The summed E-state index contributed by atoms with van der Waals surface area (Å²) in [6.07, 6.45) is 3.41. The van der Waals surface area contributed by atoms with Crippen LogP contribution in [0.5, 0.6) is 0 Å². The average Bonchev–Trinajstić information content (AvgIpc) is 2.57. The number of hydrogen-bond donors (Lipinski definition) is 1.